The van der Waals surface area contributed by atoms with Gasteiger partial charge < -0.3 is 15.3 Å². The second kappa shape index (κ2) is 5.43. The molecule has 2 aromatic rings. The first-order chi connectivity index (χ1) is 11.8. The lowest BCUT2D eigenvalue weighted by molar-refractivity contribution is 0.0685. The van der Waals surface area contributed by atoms with Crippen molar-refractivity contribution in [2.75, 3.05) is 31.1 Å². The Hall–Kier alpha value is -2.13. The van der Waals surface area contributed by atoms with Crippen LogP contribution in [0.4, 0.5) is 14.5 Å². The minimum absolute atomic E-state index is 0.0628. The molecule has 0 spiro atoms. The molecule has 9 heteroatoms. The fraction of sp³-hybridized carbons (Fsp3) is 0.375. The number of carboxylic acids is 1. The van der Waals surface area contributed by atoms with Gasteiger partial charge in [-0.05, 0) is 30.8 Å². The Morgan fingerprint density at radius 2 is 2.04 bits per heavy atom. The van der Waals surface area contributed by atoms with Gasteiger partial charge in [0.2, 0.25) is 10.6 Å². The van der Waals surface area contributed by atoms with Crippen LogP contribution in [0.3, 0.4) is 0 Å². The standard InChI is InChI=1S/C16H15F2N3O3S/c1-16(18)21-10-7-11(20-4-2-19-3-5-20)9(17)6-8(10)13(22)12(15(23)24)14(21)25-16/h6-7,19H,2-5H2,1H3,(H,23,24)/t16-/m1/s1. The van der Waals surface area contributed by atoms with Crippen LogP contribution in [-0.2, 0) is 5.12 Å². The largest absolute Gasteiger partial charge is 0.477 e. The van der Waals surface area contributed by atoms with E-state index in [9.17, 15) is 23.5 Å². The Morgan fingerprint density at radius 1 is 1.36 bits per heavy atom. The number of aromatic carboxylic acids is 1. The number of alkyl halides is 1. The van der Waals surface area contributed by atoms with Gasteiger partial charge in [-0.1, -0.05) is 0 Å². The monoisotopic (exact) mass is 367 g/mol. The maximum Gasteiger partial charge on any atom is 0.342 e. The zero-order valence-electron chi connectivity index (χ0n) is 13.3. The minimum atomic E-state index is -1.88. The van der Waals surface area contributed by atoms with E-state index in [2.05, 4.69) is 5.32 Å². The van der Waals surface area contributed by atoms with Crippen LogP contribution in [0, 0.1) is 5.82 Å². The fourth-order valence-corrected chi connectivity index (χ4v) is 4.53. The van der Waals surface area contributed by atoms with Gasteiger partial charge in [-0.15, -0.1) is 0 Å². The lowest BCUT2D eigenvalue weighted by Gasteiger charge is -2.38. The van der Waals surface area contributed by atoms with Crippen LogP contribution in [0.1, 0.15) is 17.3 Å². The smallest absolute Gasteiger partial charge is 0.342 e. The van der Waals surface area contributed by atoms with Crippen molar-refractivity contribution in [1.29, 1.82) is 0 Å². The van der Waals surface area contributed by atoms with Gasteiger partial charge in [-0.2, -0.15) is 0 Å². The Kier molecular flexibility index (Phi) is 3.55. The molecule has 3 heterocycles. The van der Waals surface area contributed by atoms with Crippen LogP contribution in [-0.4, -0.2) is 41.8 Å². The van der Waals surface area contributed by atoms with Crippen molar-refractivity contribution in [3.63, 3.8) is 0 Å². The summed E-state index contributed by atoms with van der Waals surface area (Å²) in [5.74, 6) is -2.05. The number of hydrogen-bond acceptors (Lipinski definition) is 5. The topological polar surface area (TPSA) is 74.6 Å². The quantitative estimate of drug-likeness (QED) is 0.845. The van der Waals surface area contributed by atoms with Crippen molar-refractivity contribution >= 4 is 34.3 Å². The van der Waals surface area contributed by atoms with Gasteiger partial charge in [-0.3, -0.25) is 9.36 Å². The average molecular weight is 367 g/mol. The predicted octanol–water partition coefficient (Wildman–Crippen LogP) is 1.95. The van der Waals surface area contributed by atoms with Crippen LogP contribution in [0.25, 0.3) is 10.9 Å². The number of pyridine rings is 1. The van der Waals surface area contributed by atoms with E-state index in [4.69, 9.17) is 0 Å². The second-order valence-electron chi connectivity index (χ2n) is 6.18. The molecule has 0 amide bonds. The van der Waals surface area contributed by atoms with Crippen molar-refractivity contribution in [2.45, 2.75) is 17.1 Å². The lowest BCUT2D eigenvalue weighted by atomic mass is 10.1. The van der Waals surface area contributed by atoms with E-state index in [1.165, 1.54) is 17.6 Å². The highest BCUT2D eigenvalue weighted by atomic mass is 32.2. The van der Waals surface area contributed by atoms with Crippen molar-refractivity contribution in [3.05, 3.63) is 33.7 Å². The van der Waals surface area contributed by atoms with Gasteiger partial charge in [0, 0.05) is 31.6 Å². The third-order valence-electron chi connectivity index (χ3n) is 4.55. The Labute approximate surface area is 145 Å². The molecular formula is C16H15F2N3O3S. The number of carboxylic acid groups (broad SMARTS) is 1. The molecule has 2 N–H and O–H groups in total. The van der Waals surface area contributed by atoms with Gasteiger partial charge in [0.1, 0.15) is 16.4 Å². The Morgan fingerprint density at radius 3 is 2.64 bits per heavy atom. The summed E-state index contributed by atoms with van der Waals surface area (Å²) < 4.78 is 30.5. The molecule has 4 rings (SSSR count). The van der Waals surface area contributed by atoms with Gasteiger partial charge >= 0.3 is 5.97 Å². The van der Waals surface area contributed by atoms with E-state index in [-0.39, 0.29) is 15.9 Å². The summed E-state index contributed by atoms with van der Waals surface area (Å²) in [6.07, 6.45) is 0. The Bertz CT molecular complexity index is 967. The molecule has 6 nitrogen and oxygen atoms in total. The van der Waals surface area contributed by atoms with Crippen LogP contribution in [0.2, 0.25) is 0 Å². The summed E-state index contributed by atoms with van der Waals surface area (Å²) in [6, 6.07) is 2.47. The summed E-state index contributed by atoms with van der Waals surface area (Å²) >= 11 is 0.684. The van der Waals surface area contributed by atoms with E-state index in [0.717, 1.165) is 6.07 Å². The number of anilines is 1. The van der Waals surface area contributed by atoms with Crippen molar-refractivity contribution in [1.82, 2.24) is 9.88 Å². The first-order valence-electron chi connectivity index (χ1n) is 7.81. The van der Waals surface area contributed by atoms with Crippen LogP contribution in [0.5, 0.6) is 0 Å². The van der Waals surface area contributed by atoms with Crippen molar-refractivity contribution in [2.24, 2.45) is 0 Å². The number of nitrogens with one attached hydrogen (secondary N) is 1. The number of carbonyl (C=O) groups is 1. The van der Waals surface area contributed by atoms with E-state index in [1.54, 1.807) is 0 Å². The third kappa shape index (κ3) is 2.33. The Balaban J connectivity index is 2.02. The van der Waals surface area contributed by atoms with Crippen molar-refractivity contribution < 1.29 is 18.7 Å². The molecule has 0 saturated carbocycles. The molecule has 2 aliphatic heterocycles. The summed E-state index contributed by atoms with van der Waals surface area (Å²) in [6.45, 7) is 3.87. The van der Waals surface area contributed by atoms with Crippen LogP contribution < -0.4 is 15.6 Å². The number of fused-ring (bicyclic) bond motifs is 3. The van der Waals surface area contributed by atoms with Crippen LogP contribution >= 0.6 is 11.8 Å². The molecule has 1 fully saturated rings. The molecule has 0 unspecified atom stereocenters. The van der Waals surface area contributed by atoms with E-state index >= 15 is 0 Å². The molecule has 1 aromatic carbocycles. The molecule has 2 aliphatic rings. The van der Waals surface area contributed by atoms with E-state index < -0.39 is 27.9 Å². The maximum absolute atomic E-state index is 14.7. The van der Waals surface area contributed by atoms with Crippen molar-refractivity contribution in [3.8, 4) is 0 Å². The zero-order chi connectivity index (χ0) is 17.9. The van der Waals surface area contributed by atoms with Gasteiger partial charge in [0.25, 0.3) is 0 Å². The van der Waals surface area contributed by atoms with Gasteiger partial charge in [0.05, 0.1) is 11.2 Å². The molecule has 0 aliphatic carbocycles. The number of piperazine rings is 1. The summed E-state index contributed by atoms with van der Waals surface area (Å²) in [5, 5.41) is 10.5. The number of halogens is 2. The highest BCUT2D eigenvalue weighted by molar-refractivity contribution is 8.01. The number of thioether (sulfide) groups is 1. The lowest BCUT2D eigenvalue weighted by Crippen LogP contribution is -2.44. The minimum Gasteiger partial charge on any atom is -0.477 e. The third-order valence-corrected chi connectivity index (χ3v) is 5.68. The number of rotatable bonds is 2. The van der Waals surface area contributed by atoms with Crippen LogP contribution in [0.15, 0.2) is 22.0 Å². The number of hydrogen-bond donors (Lipinski definition) is 2. The molecule has 1 saturated heterocycles. The maximum atomic E-state index is 14.7. The summed E-state index contributed by atoms with van der Waals surface area (Å²) in [7, 11) is 0. The molecule has 25 heavy (non-hydrogen) atoms. The highest BCUT2D eigenvalue weighted by Crippen LogP contribution is 2.52. The second-order valence-corrected chi connectivity index (χ2v) is 7.52. The number of aromatic nitrogens is 1. The molecule has 0 radical (unpaired) electrons. The number of nitrogens with zero attached hydrogens (tertiary/aromatic N) is 2. The molecule has 0 bridgehead atoms. The number of benzene rings is 1. The summed E-state index contributed by atoms with van der Waals surface area (Å²) in [4.78, 5) is 25.8. The predicted molar refractivity (Wildman–Crippen MR) is 90.8 cm³/mol. The zero-order valence-corrected chi connectivity index (χ0v) is 14.1. The molecule has 1 aromatic heterocycles. The van der Waals surface area contributed by atoms with E-state index in [1.807, 2.05) is 4.90 Å². The molecular weight excluding hydrogens is 352 g/mol. The molecule has 132 valence electrons. The summed E-state index contributed by atoms with van der Waals surface area (Å²) in [5.41, 5.74) is -0.799. The van der Waals surface area contributed by atoms with E-state index in [0.29, 0.717) is 43.6 Å². The average Bonchev–Trinajstić information content (AvgIpc) is 2.55. The SMILES string of the molecule is C[C@]1(F)Sc2c(C(=O)O)c(=O)c3cc(F)c(N4CCNCC4)cc3n21. The fourth-order valence-electron chi connectivity index (χ4n) is 3.38. The first-order valence-corrected chi connectivity index (χ1v) is 8.62. The highest BCUT2D eigenvalue weighted by Gasteiger charge is 2.44. The van der Waals surface area contributed by atoms with Gasteiger partial charge in [-0.25, -0.2) is 13.6 Å². The van der Waals surface area contributed by atoms with Gasteiger partial charge in [0.15, 0.2) is 0 Å². The molecule has 1 atom stereocenters. The normalized spacial score (nSPS) is 22.6. The first kappa shape index (κ1) is 16.3.